The molecule has 1 saturated heterocycles. The fourth-order valence-electron chi connectivity index (χ4n) is 4.24. The molecule has 158 valence electrons. The van der Waals surface area contributed by atoms with Crippen molar-refractivity contribution in [3.05, 3.63) is 42.0 Å². The molecule has 2 aromatic heterocycles. The van der Waals surface area contributed by atoms with Gasteiger partial charge in [0.25, 0.3) is 6.43 Å². The van der Waals surface area contributed by atoms with E-state index in [4.69, 9.17) is 14.2 Å². The summed E-state index contributed by atoms with van der Waals surface area (Å²) in [5.74, 6) is 0.306. The smallest absolute Gasteiger partial charge is 0.296 e. The van der Waals surface area contributed by atoms with Crippen molar-refractivity contribution in [3.63, 3.8) is 0 Å². The van der Waals surface area contributed by atoms with Crippen molar-refractivity contribution < 1.29 is 23.0 Å². The number of para-hydroxylation sites is 2. The van der Waals surface area contributed by atoms with Crippen LogP contribution in [0.5, 0.6) is 5.88 Å². The van der Waals surface area contributed by atoms with E-state index in [2.05, 4.69) is 15.0 Å². The lowest BCUT2D eigenvalue weighted by atomic mass is 9.92. The van der Waals surface area contributed by atoms with E-state index in [9.17, 15) is 8.78 Å². The molecular formula is C21H22F2N4O3. The molecule has 0 unspecified atom stereocenters. The van der Waals surface area contributed by atoms with E-state index in [0.29, 0.717) is 41.8 Å². The first-order valence-electron chi connectivity index (χ1n) is 10.1. The molecule has 9 heteroatoms. The van der Waals surface area contributed by atoms with Crippen LogP contribution in [0.15, 0.2) is 30.3 Å². The zero-order chi connectivity index (χ0) is 20.7. The number of aryl methyl sites for hydroxylation is 1. The lowest BCUT2D eigenvalue weighted by Gasteiger charge is -2.35. The summed E-state index contributed by atoms with van der Waals surface area (Å²) in [6, 6.07) is 8.59. The normalized spacial score (nSPS) is 19.2. The highest BCUT2D eigenvalue weighted by molar-refractivity contribution is 5.78. The van der Waals surface area contributed by atoms with Gasteiger partial charge in [-0.3, -0.25) is 4.57 Å². The third-order valence-electron chi connectivity index (χ3n) is 5.61. The van der Waals surface area contributed by atoms with Crippen molar-refractivity contribution in [1.82, 2.24) is 19.5 Å². The van der Waals surface area contributed by atoms with Crippen LogP contribution in [0.2, 0.25) is 0 Å². The molecule has 1 spiro atoms. The highest BCUT2D eigenvalue weighted by Crippen LogP contribution is 2.37. The number of hydrogen-bond donors (Lipinski definition) is 0. The predicted molar refractivity (Wildman–Crippen MR) is 104 cm³/mol. The first-order chi connectivity index (χ1) is 14.5. The van der Waals surface area contributed by atoms with Crippen molar-refractivity contribution in [3.8, 4) is 11.7 Å². The van der Waals surface area contributed by atoms with Gasteiger partial charge in [-0.05, 0) is 31.9 Å². The average Bonchev–Trinajstić information content (AvgIpc) is 3.34. The number of nitrogens with zero attached hydrogens (tertiary/aromatic N) is 4. The molecule has 0 bridgehead atoms. The standard InChI is InChI=1S/C21H22F2N4O3/c1-13-24-17(27-16-5-3-2-4-15(16)26-20(27)19(22)23)12-18(25-13)30-14-6-8-21(9-7-14)28-10-11-29-21/h2-5,12,14,19H,6-11H2,1H3. The zero-order valence-corrected chi connectivity index (χ0v) is 16.6. The van der Waals surface area contributed by atoms with Crippen molar-refractivity contribution in [2.45, 2.75) is 50.9 Å². The van der Waals surface area contributed by atoms with Crippen LogP contribution in [-0.4, -0.2) is 44.6 Å². The first kappa shape index (κ1) is 19.3. The predicted octanol–water partition coefficient (Wildman–Crippen LogP) is 4.13. The van der Waals surface area contributed by atoms with Crippen LogP contribution >= 0.6 is 0 Å². The minimum Gasteiger partial charge on any atom is -0.474 e. The minimum absolute atomic E-state index is 0.0420. The highest BCUT2D eigenvalue weighted by Gasteiger charge is 2.41. The van der Waals surface area contributed by atoms with Crippen LogP contribution in [0.1, 0.15) is 43.8 Å². The second-order valence-electron chi connectivity index (χ2n) is 7.63. The number of benzene rings is 1. The number of rotatable bonds is 4. The van der Waals surface area contributed by atoms with Gasteiger partial charge < -0.3 is 14.2 Å². The molecule has 7 nitrogen and oxygen atoms in total. The van der Waals surface area contributed by atoms with E-state index in [-0.39, 0.29) is 11.9 Å². The van der Waals surface area contributed by atoms with Gasteiger partial charge in [-0.1, -0.05) is 12.1 Å². The summed E-state index contributed by atoms with van der Waals surface area (Å²) in [7, 11) is 0. The summed E-state index contributed by atoms with van der Waals surface area (Å²) in [6.45, 7) is 2.98. The van der Waals surface area contributed by atoms with E-state index in [0.717, 1.165) is 25.7 Å². The highest BCUT2D eigenvalue weighted by atomic mass is 19.3. The maximum atomic E-state index is 13.7. The Morgan fingerprint density at radius 3 is 2.57 bits per heavy atom. The van der Waals surface area contributed by atoms with Crippen LogP contribution < -0.4 is 4.74 Å². The molecule has 3 heterocycles. The van der Waals surface area contributed by atoms with Crippen molar-refractivity contribution in [1.29, 1.82) is 0 Å². The van der Waals surface area contributed by atoms with Crippen LogP contribution in [0.25, 0.3) is 16.9 Å². The zero-order valence-electron chi connectivity index (χ0n) is 16.6. The molecule has 0 N–H and O–H groups in total. The van der Waals surface area contributed by atoms with Gasteiger partial charge in [0, 0.05) is 18.9 Å². The molecule has 1 aliphatic carbocycles. The number of halogens is 2. The summed E-state index contributed by atoms with van der Waals surface area (Å²) in [5.41, 5.74) is 1.05. The molecule has 1 aromatic carbocycles. The van der Waals surface area contributed by atoms with Crippen LogP contribution in [0, 0.1) is 6.92 Å². The maximum absolute atomic E-state index is 13.7. The second-order valence-corrected chi connectivity index (χ2v) is 7.63. The van der Waals surface area contributed by atoms with E-state index < -0.39 is 12.2 Å². The minimum atomic E-state index is -2.74. The average molecular weight is 416 g/mol. The van der Waals surface area contributed by atoms with Crippen LogP contribution in [0.4, 0.5) is 8.78 Å². The van der Waals surface area contributed by atoms with Gasteiger partial charge in [0.05, 0.1) is 24.2 Å². The topological polar surface area (TPSA) is 71.3 Å². The number of hydrogen-bond acceptors (Lipinski definition) is 6. The summed E-state index contributed by atoms with van der Waals surface area (Å²) in [6.07, 6.45) is 0.285. The van der Waals surface area contributed by atoms with Gasteiger partial charge in [-0.2, -0.15) is 4.98 Å². The summed E-state index contributed by atoms with van der Waals surface area (Å²) >= 11 is 0. The largest absolute Gasteiger partial charge is 0.474 e. The molecule has 30 heavy (non-hydrogen) atoms. The molecular weight excluding hydrogens is 394 g/mol. The Morgan fingerprint density at radius 2 is 1.83 bits per heavy atom. The quantitative estimate of drug-likeness (QED) is 0.637. The number of ether oxygens (including phenoxy) is 3. The molecule has 5 rings (SSSR count). The summed E-state index contributed by atoms with van der Waals surface area (Å²) < 4.78 is 46.4. The number of alkyl halides is 2. The second kappa shape index (κ2) is 7.55. The molecule has 1 aliphatic heterocycles. The van der Waals surface area contributed by atoms with E-state index in [1.807, 2.05) is 0 Å². The summed E-state index contributed by atoms with van der Waals surface area (Å²) in [5, 5.41) is 0. The lowest BCUT2D eigenvalue weighted by Crippen LogP contribution is -2.38. The Hall–Kier alpha value is -2.65. The maximum Gasteiger partial charge on any atom is 0.296 e. The van der Waals surface area contributed by atoms with Crippen molar-refractivity contribution >= 4 is 11.0 Å². The van der Waals surface area contributed by atoms with Gasteiger partial charge >= 0.3 is 0 Å². The van der Waals surface area contributed by atoms with Crippen molar-refractivity contribution in [2.75, 3.05) is 13.2 Å². The molecule has 2 aliphatic rings. The number of imidazole rings is 1. The Balaban J connectivity index is 1.44. The monoisotopic (exact) mass is 416 g/mol. The Bertz CT molecular complexity index is 1060. The Labute approximate surface area is 172 Å². The number of fused-ring (bicyclic) bond motifs is 1. The molecule has 1 saturated carbocycles. The van der Waals surface area contributed by atoms with Gasteiger partial charge in [0.15, 0.2) is 11.6 Å². The van der Waals surface area contributed by atoms with Gasteiger partial charge in [-0.15, -0.1) is 0 Å². The number of aromatic nitrogens is 4. The fraction of sp³-hybridized carbons (Fsp3) is 0.476. The third-order valence-corrected chi connectivity index (χ3v) is 5.61. The van der Waals surface area contributed by atoms with E-state index in [1.165, 1.54) is 4.57 Å². The molecule has 2 fully saturated rings. The van der Waals surface area contributed by atoms with Gasteiger partial charge in [0.1, 0.15) is 17.7 Å². The van der Waals surface area contributed by atoms with E-state index in [1.54, 1.807) is 37.3 Å². The molecule has 0 amide bonds. The third kappa shape index (κ3) is 3.52. The SMILES string of the molecule is Cc1nc(OC2CCC3(CC2)OCCO3)cc(-n2c(C(F)F)nc3ccccc32)n1. The molecule has 0 radical (unpaired) electrons. The van der Waals surface area contributed by atoms with Crippen molar-refractivity contribution in [2.24, 2.45) is 0 Å². The van der Waals surface area contributed by atoms with Crippen LogP contribution in [-0.2, 0) is 9.47 Å². The molecule has 0 atom stereocenters. The Kier molecular flexibility index (Phi) is 4.86. The van der Waals surface area contributed by atoms with Gasteiger partial charge in [-0.25, -0.2) is 18.7 Å². The lowest BCUT2D eigenvalue weighted by molar-refractivity contribution is -0.186. The first-order valence-corrected chi connectivity index (χ1v) is 10.1. The fourth-order valence-corrected chi connectivity index (χ4v) is 4.24. The van der Waals surface area contributed by atoms with E-state index >= 15 is 0 Å². The summed E-state index contributed by atoms with van der Waals surface area (Å²) in [4.78, 5) is 12.8. The van der Waals surface area contributed by atoms with Gasteiger partial charge in [0.2, 0.25) is 5.88 Å². The van der Waals surface area contributed by atoms with Crippen LogP contribution in [0.3, 0.4) is 0 Å². The molecule has 3 aromatic rings. The Morgan fingerprint density at radius 1 is 1.10 bits per heavy atom.